The lowest BCUT2D eigenvalue weighted by Gasteiger charge is -2.43. The van der Waals surface area contributed by atoms with E-state index in [0.717, 1.165) is 29.2 Å². The third-order valence-electron chi connectivity index (χ3n) is 5.10. The molecule has 5 rings (SSSR count). The number of hydrogen-bond acceptors (Lipinski definition) is 3. The van der Waals surface area contributed by atoms with Gasteiger partial charge in [0, 0.05) is 29.1 Å². The van der Waals surface area contributed by atoms with Gasteiger partial charge in [0.2, 0.25) is 0 Å². The van der Waals surface area contributed by atoms with Crippen molar-refractivity contribution in [2.24, 2.45) is 0 Å². The molecule has 0 aliphatic carbocycles. The number of nitrogens with zero attached hydrogens (tertiary/aromatic N) is 2. The first-order chi connectivity index (χ1) is 13.3. The van der Waals surface area contributed by atoms with Crippen molar-refractivity contribution in [2.45, 2.75) is 0 Å². The zero-order chi connectivity index (χ0) is 18.2. The summed E-state index contributed by atoms with van der Waals surface area (Å²) < 4.78 is 19.5. The topological polar surface area (TPSA) is 15.7 Å². The van der Waals surface area contributed by atoms with Crippen molar-refractivity contribution in [1.29, 1.82) is 0 Å². The molecule has 0 aromatic heterocycles. The Balaban J connectivity index is 1.64. The highest BCUT2D eigenvalue weighted by atomic mass is 19.1. The lowest BCUT2D eigenvalue weighted by atomic mass is 9.98. The van der Waals surface area contributed by atoms with Crippen LogP contribution in [0.5, 0.6) is 5.75 Å². The van der Waals surface area contributed by atoms with Gasteiger partial charge >= 0.3 is 0 Å². The molecule has 0 fully saturated rings. The van der Waals surface area contributed by atoms with E-state index in [0.29, 0.717) is 13.3 Å². The summed E-state index contributed by atoms with van der Waals surface area (Å²) in [5.74, 6) is 0.675. The van der Waals surface area contributed by atoms with Crippen molar-refractivity contribution >= 4 is 17.1 Å². The molecule has 0 spiro atoms. The molecule has 134 valence electrons. The highest BCUT2D eigenvalue weighted by molar-refractivity contribution is 5.87. The standard InChI is InChI=1S/C23H19FN2O/c24-18-10-12-20(13-11-18)26-16-25(19-6-2-1-3-7-19)14-17-15-27-22-9-5-4-8-21(22)23(17)26/h1-13H,14-16H2. The fourth-order valence-electron chi connectivity index (χ4n) is 3.83. The molecule has 3 nitrogen and oxygen atoms in total. The molecule has 0 radical (unpaired) electrons. The Kier molecular flexibility index (Phi) is 3.82. The van der Waals surface area contributed by atoms with Gasteiger partial charge in [0.15, 0.2) is 0 Å². The molecule has 27 heavy (non-hydrogen) atoms. The predicted octanol–water partition coefficient (Wildman–Crippen LogP) is 4.91. The smallest absolute Gasteiger partial charge is 0.129 e. The fourth-order valence-corrected chi connectivity index (χ4v) is 3.83. The summed E-state index contributed by atoms with van der Waals surface area (Å²) in [5, 5.41) is 0. The normalized spacial score (nSPS) is 15.9. The largest absolute Gasteiger partial charge is 0.488 e. The lowest BCUT2D eigenvalue weighted by Crippen LogP contribution is -2.45. The second-order valence-electron chi connectivity index (χ2n) is 6.82. The molecular weight excluding hydrogens is 339 g/mol. The lowest BCUT2D eigenvalue weighted by molar-refractivity contribution is 0.340. The maximum Gasteiger partial charge on any atom is 0.129 e. The molecule has 0 amide bonds. The molecule has 0 unspecified atom stereocenters. The van der Waals surface area contributed by atoms with Gasteiger partial charge < -0.3 is 14.5 Å². The van der Waals surface area contributed by atoms with Crippen LogP contribution in [0.15, 0.2) is 84.4 Å². The zero-order valence-electron chi connectivity index (χ0n) is 14.8. The number of anilines is 2. The summed E-state index contributed by atoms with van der Waals surface area (Å²) in [6.07, 6.45) is 0. The summed E-state index contributed by atoms with van der Waals surface area (Å²) >= 11 is 0. The minimum Gasteiger partial charge on any atom is -0.488 e. The van der Waals surface area contributed by atoms with E-state index in [2.05, 4.69) is 28.0 Å². The van der Waals surface area contributed by atoms with Crippen LogP contribution in [0.25, 0.3) is 5.70 Å². The summed E-state index contributed by atoms with van der Waals surface area (Å²) in [7, 11) is 0. The Morgan fingerprint density at radius 1 is 0.778 bits per heavy atom. The van der Waals surface area contributed by atoms with Gasteiger partial charge in [-0.3, -0.25) is 0 Å². The van der Waals surface area contributed by atoms with Crippen LogP contribution in [0, 0.1) is 5.82 Å². The number of ether oxygens (including phenoxy) is 1. The van der Waals surface area contributed by atoms with Gasteiger partial charge in [0.1, 0.15) is 18.2 Å². The van der Waals surface area contributed by atoms with Crippen LogP contribution in [0.2, 0.25) is 0 Å². The van der Waals surface area contributed by atoms with Gasteiger partial charge in [-0.05, 0) is 48.5 Å². The minimum absolute atomic E-state index is 0.225. The van der Waals surface area contributed by atoms with E-state index in [1.807, 2.05) is 48.5 Å². The van der Waals surface area contributed by atoms with Gasteiger partial charge in [0.25, 0.3) is 0 Å². The Morgan fingerprint density at radius 2 is 1.52 bits per heavy atom. The monoisotopic (exact) mass is 358 g/mol. The maximum atomic E-state index is 13.5. The fraction of sp³-hybridized carbons (Fsp3) is 0.130. The molecule has 0 saturated heterocycles. The molecule has 0 atom stereocenters. The Hall–Kier alpha value is -3.27. The molecule has 3 aromatic rings. The zero-order valence-corrected chi connectivity index (χ0v) is 14.8. The third kappa shape index (κ3) is 2.83. The first-order valence-corrected chi connectivity index (χ1v) is 9.07. The van der Waals surface area contributed by atoms with E-state index in [9.17, 15) is 4.39 Å². The van der Waals surface area contributed by atoms with Crippen LogP contribution in [-0.4, -0.2) is 19.8 Å². The first kappa shape index (κ1) is 15.9. The number of hydrogen-bond donors (Lipinski definition) is 0. The van der Waals surface area contributed by atoms with Crippen molar-refractivity contribution in [3.05, 3.63) is 95.8 Å². The van der Waals surface area contributed by atoms with Gasteiger partial charge in [-0.15, -0.1) is 0 Å². The van der Waals surface area contributed by atoms with Crippen LogP contribution in [-0.2, 0) is 0 Å². The van der Waals surface area contributed by atoms with E-state index in [-0.39, 0.29) is 5.82 Å². The van der Waals surface area contributed by atoms with Crippen molar-refractivity contribution in [1.82, 2.24) is 0 Å². The molecular formula is C23H19FN2O. The second-order valence-corrected chi connectivity index (χ2v) is 6.82. The Bertz CT molecular complexity index is 998. The molecule has 2 heterocycles. The third-order valence-corrected chi connectivity index (χ3v) is 5.10. The number of para-hydroxylation sites is 2. The van der Waals surface area contributed by atoms with Crippen molar-refractivity contribution in [3.63, 3.8) is 0 Å². The van der Waals surface area contributed by atoms with Crippen LogP contribution in [0.3, 0.4) is 0 Å². The number of rotatable bonds is 2. The van der Waals surface area contributed by atoms with Gasteiger partial charge in [-0.25, -0.2) is 4.39 Å². The molecule has 0 N–H and O–H groups in total. The predicted molar refractivity (Wildman–Crippen MR) is 106 cm³/mol. The van der Waals surface area contributed by atoms with E-state index in [1.165, 1.54) is 23.4 Å². The highest BCUT2D eigenvalue weighted by Gasteiger charge is 2.31. The van der Waals surface area contributed by atoms with Crippen LogP contribution >= 0.6 is 0 Å². The SMILES string of the molecule is Fc1ccc(N2CN(c3ccccc3)CC3=C2c2ccccc2OC3)cc1. The van der Waals surface area contributed by atoms with E-state index < -0.39 is 0 Å². The van der Waals surface area contributed by atoms with Crippen molar-refractivity contribution in [3.8, 4) is 5.75 Å². The molecule has 3 aromatic carbocycles. The maximum absolute atomic E-state index is 13.5. The van der Waals surface area contributed by atoms with Crippen molar-refractivity contribution in [2.75, 3.05) is 29.6 Å². The second kappa shape index (κ2) is 6.47. The summed E-state index contributed by atoms with van der Waals surface area (Å²) in [6.45, 7) is 2.07. The van der Waals surface area contributed by atoms with E-state index >= 15 is 0 Å². The number of fused-ring (bicyclic) bond motifs is 2. The highest BCUT2D eigenvalue weighted by Crippen LogP contribution is 2.40. The molecule has 2 aliphatic heterocycles. The minimum atomic E-state index is -0.225. The van der Waals surface area contributed by atoms with Gasteiger partial charge in [-0.1, -0.05) is 30.3 Å². The van der Waals surface area contributed by atoms with Crippen LogP contribution in [0.1, 0.15) is 5.56 Å². The van der Waals surface area contributed by atoms with Gasteiger partial charge in [0.05, 0.1) is 12.4 Å². The summed E-state index contributed by atoms with van der Waals surface area (Å²) in [5.41, 5.74) is 5.64. The van der Waals surface area contributed by atoms with Crippen LogP contribution < -0.4 is 14.5 Å². The van der Waals surface area contributed by atoms with Crippen LogP contribution in [0.4, 0.5) is 15.8 Å². The molecule has 2 aliphatic rings. The first-order valence-electron chi connectivity index (χ1n) is 9.07. The summed E-state index contributed by atoms with van der Waals surface area (Å²) in [6, 6.07) is 25.2. The van der Waals surface area contributed by atoms with Gasteiger partial charge in [-0.2, -0.15) is 0 Å². The van der Waals surface area contributed by atoms with E-state index in [4.69, 9.17) is 4.74 Å². The number of halogens is 1. The Labute approximate surface area is 157 Å². The Morgan fingerprint density at radius 3 is 2.33 bits per heavy atom. The van der Waals surface area contributed by atoms with Crippen molar-refractivity contribution < 1.29 is 9.13 Å². The molecule has 0 saturated carbocycles. The molecule has 0 bridgehead atoms. The average Bonchev–Trinajstić information content (AvgIpc) is 2.74. The van der Waals surface area contributed by atoms with E-state index in [1.54, 1.807) is 0 Å². The quantitative estimate of drug-likeness (QED) is 0.647. The summed E-state index contributed by atoms with van der Waals surface area (Å²) in [4.78, 5) is 4.58. The average molecular weight is 358 g/mol. The number of benzene rings is 3. The molecule has 4 heteroatoms.